The molecule has 1 aliphatic rings. The summed E-state index contributed by atoms with van der Waals surface area (Å²) < 4.78 is 0. The van der Waals surface area contributed by atoms with Gasteiger partial charge in [0.25, 0.3) is 0 Å². The molecule has 12 heavy (non-hydrogen) atoms. The van der Waals surface area contributed by atoms with E-state index in [2.05, 4.69) is 0 Å². The summed E-state index contributed by atoms with van der Waals surface area (Å²) in [5.41, 5.74) is -0.791. The lowest BCUT2D eigenvalue weighted by atomic mass is 9.76. The summed E-state index contributed by atoms with van der Waals surface area (Å²) in [4.78, 5) is 23.5. The van der Waals surface area contributed by atoms with Gasteiger partial charge in [0.15, 0.2) is 0 Å². The zero-order valence-electron chi connectivity index (χ0n) is 7.33. The Labute approximate surface area is 71.2 Å². The Morgan fingerprint density at radius 2 is 2.00 bits per heavy atom. The normalized spacial score (nSPS) is 21.5. The summed E-state index contributed by atoms with van der Waals surface area (Å²) in [5.74, 6) is -0.902. The first-order valence-electron chi connectivity index (χ1n) is 3.88. The number of carboxylic acid groups (broad SMARTS) is 1. The van der Waals surface area contributed by atoms with Crippen LogP contribution in [0.25, 0.3) is 0 Å². The molecule has 0 aromatic carbocycles. The Morgan fingerprint density at radius 3 is 2.25 bits per heavy atom. The first kappa shape index (κ1) is 9.19. The molecule has 1 rings (SSSR count). The van der Waals surface area contributed by atoms with E-state index in [0.717, 1.165) is 0 Å². The molecule has 0 aliphatic carbocycles. The van der Waals surface area contributed by atoms with Crippen LogP contribution in [0.2, 0.25) is 0 Å². The molecule has 1 heterocycles. The van der Waals surface area contributed by atoms with Gasteiger partial charge in [0, 0.05) is 19.5 Å². The summed E-state index contributed by atoms with van der Waals surface area (Å²) in [6.45, 7) is 2.41. The van der Waals surface area contributed by atoms with Gasteiger partial charge in [-0.3, -0.25) is 9.59 Å². The van der Waals surface area contributed by atoms with Gasteiger partial charge in [-0.15, -0.1) is 0 Å². The molecule has 1 N–H and O–H groups in total. The lowest BCUT2D eigenvalue weighted by Crippen LogP contribution is -2.59. The zero-order chi connectivity index (χ0) is 9.35. The van der Waals surface area contributed by atoms with Crippen molar-refractivity contribution >= 4 is 11.8 Å². The van der Waals surface area contributed by atoms with Crippen molar-refractivity contribution < 1.29 is 14.7 Å². The Kier molecular flexibility index (Phi) is 2.19. The van der Waals surface area contributed by atoms with Crippen LogP contribution in [0, 0.1) is 5.41 Å². The van der Waals surface area contributed by atoms with Gasteiger partial charge in [-0.1, -0.05) is 0 Å². The highest BCUT2D eigenvalue weighted by molar-refractivity contribution is 5.86. The lowest BCUT2D eigenvalue weighted by molar-refractivity contribution is -0.162. The largest absolute Gasteiger partial charge is 0.481 e. The van der Waals surface area contributed by atoms with Crippen LogP contribution in [0.15, 0.2) is 0 Å². The molecule has 0 aromatic rings. The van der Waals surface area contributed by atoms with Gasteiger partial charge in [0.05, 0.1) is 5.41 Å². The highest BCUT2D eigenvalue weighted by Gasteiger charge is 2.48. The second-order valence-electron chi connectivity index (χ2n) is 3.64. The van der Waals surface area contributed by atoms with Gasteiger partial charge in [-0.25, -0.2) is 0 Å². The molecule has 0 bridgehead atoms. The Morgan fingerprint density at radius 1 is 1.50 bits per heavy atom. The fourth-order valence-corrected chi connectivity index (χ4v) is 1.79. The molecule has 4 nitrogen and oxygen atoms in total. The molecule has 0 unspecified atom stereocenters. The van der Waals surface area contributed by atoms with Gasteiger partial charge in [0.1, 0.15) is 5.78 Å². The third-order valence-electron chi connectivity index (χ3n) is 2.19. The number of hydrogen-bond donors (Lipinski definition) is 1. The molecule has 0 amide bonds. The van der Waals surface area contributed by atoms with Crippen molar-refractivity contribution in [3.05, 3.63) is 0 Å². The van der Waals surface area contributed by atoms with Crippen LogP contribution in [0.4, 0.5) is 0 Å². The van der Waals surface area contributed by atoms with Crippen molar-refractivity contribution in [2.75, 3.05) is 20.1 Å². The molecule has 1 saturated heterocycles. The average molecular weight is 171 g/mol. The maximum Gasteiger partial charge on any atom is 0.312 e. The highest BCUT2D eigenvalue weighted by Crippen LogP contribution is 2.33. The summed E-state index contributed by atoms with van der Waals surface area (Å²) in [5, 5.41) is 8.87. The van der Waals surface area contributed by atoms with Gasteiger partial charge in [-0.05, 0) is 14.0 Å². The molecule has 0 aromatic heterocycles. The highest BCUT2D eigenvalue weighted by atomic mass is 16.4. The van der Waals surface area contributed by atoms with E-state index in [1.54, 1.807) is 0 Å². The van der Waals surface area contributed by atoms with Crippen LogP contribution < -0.4 is 0 Å². The van der Waals surface area contributed by atoms with Crippen LogP contribution in [-0.4, -0.2) is 41.9 Å². The van der Waals surface area contributed by atoms with Crippen molar-refractivity contribution in [3.8, 4) is 0 Å². The quantitative estimate of drug-likeness (QED) is 0.648. The second kappa shape index (κ2) is 2.86. The van der Waals surface area contributed by atoms with E-state index in [1.807, 2.05) is 11.9 Å². The lowest BCUT2D eigenvalue weighted by Gasteiger charge is -2.44. The number of hydrogen-bond acceptors (Lipinski definition) is 3. The number of likely N-dealkylation sites (tertiary alicyclic amines) is 1. The van der Waals surface area contributed by atoms with Gasteiger partial charge < -0.3 is 10.0 Å². The molecule has 0 spiro atoms. The standard InChI is InChI=1S/C8H13NO3/c1-6(10)3-8(7(11)12)4-9(2)5-8/h3-5H2,1-2H3,(H,11,12). The summed E-state index contributed by atoms with van der Waals surface area (Å²) in [6, 6.07) is 0. The number of carboxylic acids is 1. The van der Waals surface area contributed by atoms with E-state index < -0.39 is 11.4 Å². The van der Waals surface area contributed by atoms with E-state index in [0.29, 0.717) is 13.1 Å². The third kappa shape index (κ3) is 1.48. The predicted molar refractivity (Wildman–Crippen MR) is 42.9 cm³/mol. The predicted octanol–water partition coefficient (Wildman–Crippen LogP) is -0.0181. The van der Waals surface area contributed by atoms with Gasteiger partial charge >= 0.3 is 5.97 Å². The Balaban J connectivity index is 2.63. The molecule has 1 fully saturated rings. The van der Waals surface area contributed by atoms with E-state index >= 15 is 0 Å². The van der Waals surface area contributed by atoms with Crippen LogP contribution >= 0.6 is 0 Å². The van der Waals surface area contributed by atoms with Crippen molar-refractivity contribution in [1.29, 1.82) is 0 Å². The van der Waals surface area contributed by atoms with E-state index in [9.17, 15) is 9.59 Å². The van der Waals surface area contributed by atoms with E-state index in [-0.39, 0.29) is 12.2 Å². The van der Waals surface area contributed by atoms with Gasteiger partial charge in [0.2, 0.25) is 0 Å². The SMILES string of the molecule is CC(=O)CC1(C(=O)O)CN(C)C1. The molecule has 1 aliphatic heterocycles. The number of aliphatic carboxylic acids is 1. The smallest absolute Gasteiger partial charge is 0.312 e. The van der Waals surface area contributed by atoms with Crippen molar-refractivity contribution in [1.82, 2.24) is 4.90 Å². The maximum absolute atomic E-state index is 10.8. The Bertz CT molecular complexity index is 218. The second-order valence-corrected chi connectivity index (χ2v) is 3.64. The summed E-state index contributed by atoms with van der Waals surface area (Å²) in [7, 11) is 1.85. The van der Waals surface area contributed by atoms with Crippen molar-refractivity contribution in [3.63, 3.8) is 0 Å². The maximum atomic E-state index is 10.8. The zero-order valence-corrected chi connectivity index (χ0v) is 7.33. The molecular weight excluding hydrogens is 158 g/mol. The minimum absolute atomic E-state index is 0.0505. The topological polar surface area (TPSA) is 57.6 Å². The number of carbonyl (C=O) groups is 2. The summed E-state index contributed by atoms with van der Waals surface area (Å²) in [6.07, 6.45) is 0.159. The molecule has 0 saturated carbocycles. The van der Waals surface area contributed by atoms with E-state index in [1.165, 1.54) is 6.92 Å². The number of Topliss-reactive ketones (excluding diaryl/α,β-unsaturated/α-hetero) is 1. The first-order chi connectivity index (χ1) is 5.46. The fraction of sp³-hybridized carbons (Fsp3) is 0.750. The molecule has 0 atom stereocenters. The van der Waals surface area contributed by atoms with Crippen LogP contribution in [-0.2, 0) is 9.59 Å². The molecule has 68 valence electrons. The van der Waals surface area contributed by atoms with Crippen molar-refractivity contribution in [2.24, 2.45) is 5.41 Å². The minimum atomic E-state index is -0.851. The first-order valence-corrected chi connectivity index (χ1v) is 3.88. The molecule has 0 radical (unpaired) electrons. The molecule has 4 heteroatoms. The molecular formula is C8H13NO3. The number of rotatable bonds is 3. The van der Waals surface area contributed by atoms with Crippen LogP contribution in [0.1, 0.15) is 13.3 Å². The van der Waals surface area contributed by atoms with Gasteiger partial charge in [-0.2, -0.15) is 0 Å². The van der Waals surface area contributed by atoms with Crippen LogP contribution in [0.5, 0.6) is 0 Å². The average Bonchev–Trinajstić information content (AvgIpc) is 1.81. The minimum Gasteiger partial charge on any atom is -0.481 e. The van der Waals surface area contributed by atoms with Crippen molar-refractivity contribution in [2.45, 2.75) is 13.3 Å². The number of nitrogens with zero attached hydrogens (tertiary/aromatic N) is 1. The van der Waals surface area contributed by atoms with E-state index in [4.69, 9.17) is 5.11 Å². The monoisotopic (exact) mass is 171 g/mol. The fourth-order valence-electron chi connectivity index (χ4n) is 1.79. The third-order valence-corrected chi connectivity index (χ3v) is 2.19. The van der Waals surface area contributed by atoms with Crippen LogP contribution in [0.3, 0.4) is 0 Å². The summed E-state index contributed by atoms with van der Waals surface area (Å²) >= 11 is 0. The number of carbonyl (C=O) groups excluding carboxylic acids is 1. The Hall–Kier alpha value is -0.900. The number of ketones is 1.